The Morgan fingerprint density at radius 3 is 2.90 bits per heavy atom. The van der Waals surface area contributed by atoms with Crippen molar-refractivity contribution in [3.05, 3.63) is 16.7 Å². The van der Waals surface area contributed by atoms with Crippen molar-refractivity contribution in [2.75, 3.05) is 12.3 Å². The van der Waals surface area contributed by atoms with E-state index in [1.165, 1.54) is 10.9 Å². The van der Waals surface area contributed by atoms with Crippen LogP contribution in [0.5, 0.6) is 0 Å². The number of aliphatic hydroxyl groups excluding tert-OH is 2. The van der Waals surface area contributed by atoms with Crippen LogP contribution in [0.4, 0.5) is 5.95 Å². The summed E-state index contributed by atoms with van der Waals surface area (Å²) in [4.78, 5) is 22.1. The van der Waals surface area contributed by atoms with Crippen LogP contribution in [0.25, 0.3) is 11.2 Å². The van der Waals surface area contributed by atoms with E-state index in [1.54, 1.807) is 0 Å². The van der Waals surface area contributed by atoms with Gasteiger partial charge in [0.15, 0.2) is 20.6 Å². The highest BCUT2D eigenvalue weighted by Crippen LogP contribution is 2.49. The van der Waals surface area contributed by atoms with Crippen molar-refractivity contribution in [1.29, 1.82) is 0 Å². The molecule has 1 fully saturated rings. The fraction of sp³-hybridized carbons (Fsp3) is 0.500. The Bertz CT molecular complexity index is 745. The van der Waals surface area contributed by atoms with Gasteiger partial charge in [0.2, 0.25) is 5.95 Å². The number of aromatic nitrogens is 4. The van der Waals surface area contributed by atoms with E-state index in [0.29, 0.717) is 0 Å². The van der Waals surface area contributed by atoms with Gasteiger partial charge in [-0.3, -0.25) is 14.3 Å². The molecule has 1 aliphatic rings. The van der Waals surface area contributed by atoms with Crippen molar-refractivity contribution in [1.82, 2.24) is 19.5 Å². The van der Waals surface area contributed by atoms with Gasteiger partial charge in [-0.15, -0.1) is 0 Å². The van der Waals surface area contributed by atoms with Gasteiger partial charge in [0.05, 0.1) is 12.9 Å². The Labute approximate surface area is 134 Å². The largest absolute Gasteiger partial charge is 0.394 e. The van der Waals surface area contributed by atoms with E-state index in [1.807, 2.05) is 0 Å². The van der Waals surface area contributed by atoms with Crippen LogP contribution in [0.3, 0.4) is 0 Å². The van der Waals surface area contributed by atoms with Crippen LogP contribution in [-0.2, 0) is 4.74 Å². The minimum absolute atomic E-state index is 0.0544. The normalized spacial score (nSPS) is 28.3. The monoisotopic (exact) mass is 423 g/mol. The molecule has 0 radical (unpaired) electrons. The summed E-state index contributed by atoms with van der Waals surface area (Å²) in [6.07, 6.45) is -1.25. The molecule has 11 heteroatoms. The van der Waals surface area contributed by atoms with Crippen molar-refractivity contribution >= 4 is 49.0 Å². The lowest BCUT2D eigenvalue weighted by atomic mass is 10.2. The fourth-order valence-electron chi connectivity index (χ4n) is 2.23. The summed E-state index contributed by atoms with van der Waals surface area (Å²) in [7, 11) is 0. The number of ether oxygens (including phenoxy) is 1. The highest BCUT2D eigenvalue weighted by molar-refractivity contribution is 9.25. The molecular formula is C10H11Br2N5O4. The zero-order valence-electron chi connectivity index (χ0n) is 10.4. The van der Waals surface area contributed by atoms with Gasteiger partial charge < -0.3 is 20.7 Å². The van der Waals surface area contributed by atoms with E-state index < -0.39 is 27.2 Å². The van der Waals surface area contributed by atoms with Crippen molar-refractivity contribution in [2.45, 2.75) is 21.7 Å². The first kappa shape index (κ1) is 14.9. The van der Waals surface area contributed by atoms with Crippen LogP contribution in [0.1, 0.15) is 6.23 Å². The van der Waals surface area contributed by atoms with Gasteiger partial charge in [-0.1, -0.05) is 31.9 Å². The minimum atomic E-state index is -1.07. The van der Waals surface area contributed by atoms with Gasteiger partial charge in [-0.25, -0.2) is 4.98 Å². The Morgan fingerprint density at radius 2 is 2.29 bits per heavy atom. The van der Waals surface area contributed by atoms with Crippen LogP contribution in [-0.4, -0.2) is 51.8 Å². The van der Waals surface area contributed by atoms with E-state index >= 15 is 0 Å². The maximum absolute atomic E-state index is 11.8. The molecule has 5 N–H and O–H groups in total. The number of anilines is 1. The maximum Gasteiger partial charge on any atom is 0.280 e. The minimum Gasteiger partial charge on any atom is -0.394 e. The van der Waals surface area contributed by atoms with Crippen LogP contribution in [0.15, 0.2) is 11.1 Å². The smallest absolute Gasteiger partial charge is 0.280 e. The van der Waals surface area contributed by atoms with E-state index in [-0.39, 0.29) is 23.7 Å². The lowest BCUT2D eigenvalue weighted by Gasteiger charge is -2.24. The third kappa shape index (κ3) is 2.19. The Kier molecular flexibility index (Phi) is 3.56. The van der Waals surface area contributed by atoms with Crippen LogP contribution < -0.4 is 11.3 Å². The first-order chi connectivity index (χ1) is 9.86. The van der Waals surface area contributed by atoms with Gasteiger partial charge in [0.25, 0.3) is 5.56 Å². The predicted molar refractivity (Wildman–Crippen MR) is 80.1 cm³/mol. The van der Waals surface area contributed by atoms with Crippen molar-refractivity contribution in [2.24, 2.45) is 0 Å². The number of nitrogens with one attached hydrogen (secondary N) is 1. The summed E-state index contributed by atoms with van der Waals surface area (Å²) in [5, 5.41) is 19.4. The summed E-state index contributed by atoms with van der Waals surface area (Å²) < 4.78 is 6.00. The molecule has 9 nitrogen and oxygen atoms in total. The number of alkyl halides is 2. The number of hydrogen-bond acceptors (Lipinski definition) is 7. The molecule has 0 amide bonds. The Morgan fingerprint density at radius 1 is 1.57 bits per heavy atom. The molecule has 0 saturated carbocycles. The first-order valence-corrected chi connectivity index (χ1v) is 7.49. The van der Waals surface area contributed by atoms with Gasteiger partial charge in [-0.2, -0.15) is 4.98 Å². The molecule has 2 aromatic heterocycles. The molecule has 3 atom stereocenters. The van der Waals surface area contributed by atoms with Crippen LogP contribution in [0, 0.1) is 0 Å². The van der Waals surface area contributed by atoms with Gasteiger partial charge in [0, 0.05) is 0 Å². The average Bonchev–Trinajstić information content (AvgIpc) is 2.91. The lowest BCUT2D eigenvalue weighted by Crippen LogP contribution is -2.36. The number of aromatic amines is 1. The fourth-order valence-corrected chi connectivity index (χ4v) is 3.48. The zero-order chi connectivity index (χ0) is 15.4. The van der Waals surface area contributed by atoms with Gasteiger partial charge in [0.1, 0.15) is 12.2 Å². The zero-order valence-corrected chi connectivity index (χ0v) is 13.6. The maximum atomic E-state index is 11.8. The van der Waals surface area contributed by atoms with Gasteiger partial charge >= 0.3 is 0 Å². The SMILES string of the molecule is Nc1nc2c(ncn2[C@@H]2O[C@H](CO)[C@@H](O)C2(Br)Br)c(=O)[nH]1. The molecule has 3 heterocycles. The summed E-state index contributed by atoms with van der Waals surface area (Å²) >= 11 is 6.67. The molecule has 0 unspecified atom stereocenters. The summed E-state index contributed by atoms with van der Waals surface area (Å²) in [5.74, 6) is -0.0544. The number of nitrogens with zero attached hydrogens (tertiary/aromatic N) is 3. The molecule has 114 valence electrons. The number of hydrogen-bond donors (Lipinski definition) is 4. The number of fused-ring (bicyclic) bond motifs is 1. The highest BCUT2D eigenvalue weighted by Gasteiger charge is 2.54. The summed E-state index contributed by atoms with van der Waals surface area (Å²) in [6.45, 7) is -0.362. The molecule has 0 bridgehead atoms. The summed E-state index contributed by atoms with van der Waals surface area (Å²) in [5.41, 5.74) is 5.39. The number of halogens is 2. The van der Waals surface area contributed by atoms with Crippen LogP contribution in [0.2, 0.25) is 0 Å². The number of aliphatic hydroxyl groups is 2. The quantitative estimate of drug-likeness (QED) is 0.473. The number of imidazole rings is 1. The molecule has 3 rings (SSSR count). The van der Waals surface area contributed by atoms with E-state index in [0.717, 1.165) is 0 Å². The predicted octanol–water partition coefficient (Wildman–Crippen LogP) is -0.562. The van der Waals surface area contributed by atoms with E-state index in [4.69, 9.17) is 10.5 Å². The Balaban J connectivity index is 2.15. The molecule has 1 saturated heterocycles. The van der Waals surface area contributed by atoms with Crippen LogP contribution >= 0.6 is 31.9 Å². The average molecular weight is 425 g/mol. The van der Waals surface area contributed by atoms with Crippen molar-refractivity contribution in [3.8, 4) is 0 Å². The molecule has 0 aliphatic carbocycles. The molecule has 21 heavy (non-hydrogen) atoms. The molecule has 0 spiro atoms. The van der Waals surface area contributed by atoms with Crippen molar-refractivity contribution in [3.63, 3.8) is 0 Å². The number of nitrogens with two attached hydrogens (primary N) is 1. The Hall–Kier alpha value is -1.01. The standard InChI is InChI=1S/C10H11Br2N5O4/c11-10(12)5(19)3(1-18)21-8(10)17-2-14-4-6(17)15-9(13)16-7(4)20/h2-3,5,8,18-19H,1H2,(H3,13,15,16,20)/t3-,5-,8-/m1/s1. The second-order valence-corrected chi connectivity index (χ2v) is 8.29. The number of rotatable bonds is 2. The third-order valence-corrected chi connectivity index (χ3v) is 4.98. The van der Waals surface area contributed by atoms with Gasteiger partial charge in [-0.05, 0) is 0 Å². The third-order valence-electron chi connectivity index (χ3n) is 3.26. The van der Waals surface area contributed by atoms with E-state index in [9.17, 15) is 15.0 Å². The van der Waals surface area contributed by atoms with Crippen molar-refractivity contribution < 1.29 is 14.9 Å². The summed E-state index contributed by atoms with van der Waals surface area (Å²) in [6, 6.07) is 0. The van der Waals surface area contributed by atoms with E-state index in [2.05, 4.69) is 46.8 Å². The highest BCUT2D eigenvalue weighted by atomic mass is 79.9. The number of H-pyrrole nitrogens is 1. The second-order valence-electron chi connectivity index (χ2n) is 4.60. The second kappa shape index (κ2) is 5.02. The number of nitrogen functional groups attached to an aromatic ring is 1. The first-order valence-electron chi connectivity index (χ1n) is 5.90. The molecule has 1 aliphatic heterocycles. The molecular weight excluding hydrogens is 414 g/mol. The lowest BCUT2D eigenvalue weighted by molar-refractivity contribution is -0.0432. The molecule has 0 aromatic carbocycles. The molecule has 2 aromatic rings. The topological polar surface area (TPSA) is 139 Å².